The molecule has 0 amide bonds. The molecule has 2 rings (SSSR count). The lowest BCUT2D eigenvalue weighted by atomic mass is 10.2. The third kappa shape index (κ3) is 5.11. The summed E-state index contributed by atoms with van der Waals surface area (Å²) in [4.78, 5) is 10.8. The Balaban J connectivity index is 1.71. The van der Waals surface area contributed by atoms with Crippen molar-refractivity contribution in [3.63, 3.8) is 0 Å². The molecule has 110 valence electrons. The molecule has 0 aromatic heterocycles. The van der Waals surface area contributed by atoms with E-state index in [2.05, 4.69) is 15.9 Å². The molecule has 0 aliphatic carbocycles. The van der Waals surface area contributed by atoms with E-state index in [1.165, 1.54) is 12.1 Å². The van der Waals surface area contributed by atoms with E-state index in [0.717, 1.165) is 10.2 Å². The second-order valence-corrected chi connectivity index (χ2v) is 5.25. The maximum Gasteiger partial charge on any atom is 0.335 e. The number of ether oxygens (including phenoxy) is 2. The minimum absolute atomic E-state index is 0.221. The van der Waals surface area contributed by atoms with E-state index in [0.29, 0.717) is 25.4 Å². The minimum Gasteiger partial charge on any atom is -0.493 e. The van der Waals surface area contributed by atoms with Crippen molar-refractivity contribution in [2.45, 2.75) is 6.42 Å². The number of halogens is 1. The van der Waals surface area contributed by atoms with E-state index in [4.69, 9.17) is 14.6 Å². The molecule has 5 heteroatoms. The highest BCUT2D eigenvalue weighted by Gasteiger charge is 2.03. The van der Waals surface area contributed by atoms with Gasteiger partial charge in [-0.3, -0.25) is 0 Å². The van der Waals surface area contributed by atoms with Crippen molar-refractivity contribution in [3.05, 3.63) is 58.6 Å². The normalized spacial score (nSPS) is 10.1. The average molecular weight is 351 g/mol. The molecule has 0 radical (unpaired) electrons. The molecule has 0 aliphatic heterocycles. The Kier molecular flexibility index (Phi) is 5.63. The number of aromatic carboxylic acids is 1. The number of benzene rings is 2. The first-order valence-corrected chi connectivity index (χ1v) is 7.29. The third-order valence-electron chi connectivity index (χ3n) is 2.72. The van der Waals surface area contributed by atoms with Gasteiger partial charge in [0.2, 0.25) is 0 Å². The second-order valence-electron chi connectivity index (χ2n) is 4.34. The number of carboxylic acid groups (broad SMARTS) is 1. The molecule has 2 aromatic rings. The minimum atomic E-state index is -0.959. The lowest BCUT2D eigenvalue weighted by Crippen LogP contribution is -2.05. The van der Waals surface area contributed by atoms with E-state index in [-0.39, 0.29) is 5.56 Å². The molecule has 0 spiro atoms. The molecule has 0 saturated heterocycles. The fraction of sp³-hybridized carbons (Fsp3) is 0.188. The van der Waals surface area contributed by atoms with Crippen LogP contribution in [0.3, 0.4) is 0 Å². The molecule has 4 nitrogen and oxygen atoms in total. The largest absolute Gasteiger partial charge is 0.493 e. The van der Waals surface area contributed by atoms with Crippen LogP contribution in [-0.2, 0) is 0 Å². The SMILES string of the molecule is O=C(O)c1cccc(OCCCOc2ccc(Br)cc2)c1. The predicted molar refractivity (Wildman–Crippen MR) is 83.2 cm³/mol. The summed E-state index contributed by atoms with van der Waals surface area (Å²) in [7, 11) is 0. The Morgan fingerprint density at radius 3 is 2.33 bits per heavy atom. The summed E-state index contributed by atoms with van der Waals surface area (Å²) in [6.07, 6.45) is 0.716. The van der Waals surface area contributed by atoms with Gasteiger partial charge in [-0.05, 0) is 42.5 Å². The molecule has 0 heterocycles. The van der Waals surface area contributed by atoms with Gasteiger partial charge in [-0.15, -0.1) is 0 Å². The Morgan fingerprint density at radius 2 is 1.67 bits per heavy atom. The van der Waals surface area contributed by atoms with Gasteiger partial charge in [-0.1, -0.05) is 22.0 Å². The Morgan fingerprint density at radius 1 is 1.00 bits per heavy atom. The molecule has 0 atom stereocenters. The zero-order valence-electron chi connectivity index (χ0n) is 11.3. The Hall–Kier alpha value is -2.01. The van der Waals surface area contributed by atoms with Crippen LogP contribution in [0.25, 0.3) is 0 Å². The molecule has 0 bridgehead atoms. The van der Waals surface area contributed by atoms with Crippen molar-refractivity contribution >= 4 is 21.9 Å². The van der Waals surface area contributed by atoms with Crippen molar-refractivity contribution in [2.24, 2.45) is 0 Å². The fourth-order valence-electron chi connectivity index (χ4n) is 1.69. The van der Waals surface area contributed by atoms with Crippen LogP contribution < -0.4 is 9.47 Å². The average Bonchev–Trinajstić information content (AvgIpc) is 2.49. The van der Waals surface area contributed by atoms with Crippen LogP contribution in [0.2, 0.25) is 0 Å². The van der Waals surface area contributed by atoms with Crippen LogP contribution in [0.15, 0.2) is 53.0 Å². The van der Waals surface area contributed by atoms with E-state index >= 15 is 0 Å². The molecule has 21 heavy (non-hydrogen) atoms. The smallest absolute Gasteiger partial charge is 0.335 e. The van der Waals surface area contributed by atoms with Crippen molar-refractivity contribution in [3.8, 4) is 11.5 Å². The number of rotatable bonds is 7. The summed E-state index contributed by atoms with van der Waals surface area (Å²) in [6, 6.07) is 14.1. The molecule has 0 aliphatic rings. The molecule has 0 saturated carbocycles. The number of hydrogen-bond acceptors (Lipinski definition) is 3. The summed E-state index contributed by atoms with van der Waals surface area (Å²) in [5, 5.41) is 8.89. The van der Waals surface area contributed by atoms with Gasteiger partial charge in [0.1, 0.15) is 11.5 Å². The molecule has 2 aromatic carbocycles. The van der Waals surface area contributed by atoms with Crippen molar-refractivity contribution in [2.75, 3.05) is 13.2 Å². The third-order valence-corrected chi connectivity index (χ3v) is 3.25. The van der Waals surface area contributed by atoms with Crippen molar-refractivity contribution in [1.82, 2.24) is 0 Å². The van der Waals surface area contributed by atoms with Crippen molar-refractivity contribution < 1.29 is 19.4 Å². The molecule has 0 fully saturated rings. The lowest BCUT2D eigenvalue weighted by Gasteiger charge is -2.08. The van der Waals surface area contributed by atoms with Crippen LogP contribution in [0.4, 0.5) is 0 Å². The topological polar surface area (TPSA) is 55.8 Å². The Labute approximate surface area is 131 Å². The number of hydrogen-bond donors (Lipinski definition) is 1. The molecular formula is C16H15BrO4. The number of carbonyl (C=O) groups is 1. The van der Waals surface area contributed by atoms with Crippen LogP contribution in [0, 0.1) is 0 Å². The van der Waals surface area contributed by atoms with E-state index in [1.807, 2.05) is 24.3 Å². The van der Waals surface area contributed by atoms with Gasteiger partial charge in [-0.2, -0.15) is 0 Å². The van der Waals surface area contributed by atoms with Gasteiger partial charge in [0, 0.05) is 10.9 Å². The first-order chi connectivity index (χ1) is 10.1. The van der Waals surface area contributed by atoms with Gasteiger partial charge in [0.25, 0.3) is 0 Å². The summed E-state index contributed by atoms with van der Waals surface area (Å²) in [5.74, 6) is 0.406. The first kappa shape index (κ1) is 15.4. The highest BCUT2D eigenvalue weighted by molar-refractivity contribution is 9.10. The molecular weight excluding hydrogens is 336 g/mol. The zero-order valence-corrected chi connectivity index (χ0v) is 12.9. The highest BCUT2D eigenvalue weighted by atomic mass is 79.9. The van der Waals surface area contributed by atoms with Crippen molar-refractivity contribution in [1.29, 1.82) is 0 Å². The monoisotopic (exact) mass is 350 g/mol. The summed E-state index contributed by atoms with van der Waals surface area (Å²) < 4.78 is 12.1. The summed E-state index contributed by atoms with van der Waals surface area (Å²) >= 11 is 3.36. The first-order valence-electron chi connectivity index (χ1n) is 6.50. The Bertz CT molecular complexity index is 595. The van der Waals surface area contributed by atoms with Gasteiger partial charge in [0.05, 0.1) is 18.8 Å². The lowest BCUT2D eigenvalue weighted by molar-refractivity contribution is 0.0696. The van der Waals surface area contributed by atoms with Crippen LogP contribution in [0.5, 0.6) is 11.5 Å². The standard InChI is InChI=1S/C16H15BrO4/c17-13-5-7-14(8-6-13)20-9-2-10-21-15-4-1-3-12(11-15)16(18)19/h1,3-8,11H,2,9-10H2,(H,18,19). The van der Waals surface area contributed by atoms with Gasteiger partial charge in [0.15, 0.2) is 0 Å². The van der Waals surface area contributed by atoms with Crippen LogP contribution >= 0.6 is 15.9 Å². The summed E-state index contributed by atoms with van der Waals surface area (Å²) in [5.41, 5.74) is 0.221. The van der Waals surface area contributed by atoms with E-state index in [9.17, 15) is 4.79 Å². The zero-order chi connectivity index (χ0) is 15.1. The maximum absolute atomic E-state index is 10.8. The maximum atomic E-state index is 10.8. The van der Waals surface area contributed by atoms with Gasteiger partial charge < -0.3 is 14.6 Å². The summed E-state index contributed by atoms with van der Waals surface area (Å²) in [6.45, 7) is 1.01. The van der Waals surface area contributed by atoms with Gasteiger partial charge >= 0.3 is 5.97 Å². The quantitative estimate of drug-likeness (QED) is 0.767. The predicted octanol–water partition coefficient (Wildman–Crippen LogP) is 4.00. The highest BCUT2D eigenvalue weighted by Crippen LogP contribution is 2.16. The van der Waals surface area contributed by atoms with Crippen LogP contribution in [0.1, 0.15) is 16.8 Å². The number of carboxylic acids is 1. The fourth-order valence-corrected chi connectivity index (χ4v) is 1.95. The molecule has 0 unspecified atom stereocenters. The van der Waals surface area contributed by atoms with Crippen LogP contribution in [-0.4, -0.2) is 24.3 Å². The second kappa shape index (κ2) is 7.69. The molecule has 1 N–H and O–H groups in total. The van der Waals surface area contributed by atoms with E-state index < -0.39 is 5.97 Å². The van der Waals surface area contributed by atoms with E-state index in [1.54, 1.807) is 12.1 Å². The van der Waals surface area contributed by atoms with Gasteiger partial charge in [-0.25, -0.2) is 4.79 Å².